The summed E-state index contributed by atoms with van der Waals surface area (Å²) < 4.78 is 17.5. The molecule has 404 valence electrons. The SMILES string of the molecule is CC/C=C\C/C=C\C/C=C\C/C=C\C/C=C\CCC(O)C(=O)NC(COC1OC(CO)C(O)C(O)C1OC(=O)CCCCCC/C=C/C/C=C/C/C=C/CC)C(O)/C=C/CCCCCCCCCCCC. The Morgan fingerprint density at radius 1 is 0.563 bits per heavy atom. The Bertz CT molecular complexity index is 1560. The zero-order valence-corrected chi connectivity index (χ0v) is 44.3. The van der Waals surface area contributed by atoms with Gasteiger partial charge in [-0.15, -0.1) is 0 Å². The molecular formula is C60H99NO10. The summed E-state index contributed by atoms with van der Waals surface area (Å²) in [5.41, 5.74) is 0. The molecule has 1 rings (SSSR count). The first-order valence-corrected chi connectivity index (χ1v) is 27.7. The summed E-state index contributed by atoms with van der Waals surface area (Å²) in [6, 6.07) is -1.06. The number of carbonyl (C=O) groups excluding carboxylic acids is 2. The van der Waals surface area contributed by atoms with E-state index in [-0.39, 0.29) is 19.4 Å². The second-order valence-corrected chi connectivity index (χ2v) is 18.5. The lowest BCUT2D eigenvalue weighted by Gasteiger charge is -2.41. The standard InChI is InChI=1S/C60H99NO10/c1-4-7-10-13-16-19-22-25-27-28-29-32-35-38-41-44-47-53(64)59(68)61-51(52(63)46-43-40-37-34-31-24-21-18-15-12-9-6-3)50-69-60-58(57(67)56(66)54(49-62)70-60)71-55(65)48-45-42-39-36-33-30-26-23-20-17-14-11-8-5-2/h7-8,10-11,16-17,19-20,25-27,29-30,32,38,41,43,46,51-54,56-58,60,62-64,66-67H,4-6,9,12-15,18,21-24,28,31,33-37,39-40,42,44-45,47-50H2,1-3H3,(H,61,68)/b10-7-,11-8+,19-16-,20-17+,27-25-,30-26+,32-29-,41-38-,46-43+. The van der Waals surface area contributed by atoms with Crippen molar-refractivity contribution in [3.8, 4) is 0 Å². The molecule has 1 amide bonds. The van der Waals surface area contributed by atoms with Crippen LogP contribution in [0.4, 0.5) is 0 Å². The van der Waals surface area contributed by atoms with Crippen LogP contribution in [-0.4, -0.2) is 99.6 Å². The van der Waals surface area contributed by atoms with Crippen molar-refractivity contribution in [2.24, 2.45) is 0 Å². The fourth-order valence-electron chi connectivity index (χ4n) is 7.81. The van der Waals surface area contributed by atoms with Crippen LogP contribution in [0.15, 0.2) is 109 Å². The van der Waals surface area contributed by atoms with E-state index in [1.165, 1.54) is 44.9 Å². The molecule has 11 heteroatoms. The van der Waals surface area contributed by atoms with Gasteiger partial charge in [0.05, 0.1) is 25.4 Å². The first kappa shape index (κ1) is 65.3. The molecule has 1 fully saturated rings. The molecule has 11 nitrogen and oxygen atoms in total. The number of unbranched alkanes of at least 4 members (excludes halogenated alkanes) is 14. The van der Waals surface area contributed by atoms with Crippen LogP contribution in [0.25, 0.3) is 0 Å². The van der Waals surface area contributed by atoms with Crippen LogP contribution < -0.4 is 5.32 Å². The van der Waals surface area contributed by atoms with Crippen molar-refractivity contribution in [2.75, 3.05) is 13.2 Å². The highest BCUT2D eigenvalue weighted by molar-refractivity contribution is 5.80. The zero-order chi connectivity index (χ0) is 51.8. The van der Waals surface area contributed by atoms with Crippen molar-refractivity contribution in [1.29, 1.82) is 0 Å². The molecule has 8 unspecified atom stereocenters. The quantitative estimate of drug-likeness (QED) is 0.0196. The van der Waals surface area contributed by atoms with E-state index in [0.29, 0.717) is 12.8 Å². The van der Waals surface area contributed by atoms with Gasteiger partial charge in [-0.25, -0.2) is 0 Å². The predicted molar refractivity (Wildman–Crippen MR) is 291 cm³/mol. The van der Waals surface area contributed by atoms with Crippen LogP contribution in [-0.2, 0) is 23.8 Å². The summed E-state index contributed by atoms with van der Waals surface area (Å²) in [7, 11) is 0. The number of allylic oxidation sites excluding steroid dienone is 17. The maximum absolute atomic E-state index is 13.3. The van der Waals surface area contributed by atoms with Gasteiger partial charge in [0.1, 0.15) is 24.4 Å². The van der Waals surface area contributed by atoms with Gasteiger partial charge < -0.3 is 45.1 Å². The summed E-state index contributed by atoms with van der Waals surface area (Å²) >= 11 is 0. The van der Waals surface area contributed by atoms with Gasteiger partial charge in [-0.2, -0.15) is 0 Å². The van der Waals surface area contributed by atoms with E-state index < -0.39 is 67.4 Å². The van der Waals surface area contributed by atoms with E-state index in [1.807, 2.05) is 18.2 Å². The number of amides is 1. The van der Waals surface area contributed by atoms with Gasteiger partial charge in [-0.05, 0) is 96.3 Å². The largest absolute Gasteiger partial charge is 0.454 e. The maximum atomic E-state index is 13.3. The average molecular weight is 994 g/mol. The Labute approximate surface area is 430 Å². The Kier molecular flexibility index (Phi) is 43.6. The Morgan fingerprint density at radius 3 is 1.52 bits per heavy atom. The highest BCUT2D eigenvalue weighted by Gasteiger charge is 2.47. The predicted octanol–water partition coefficient (Wildman–Crippen LogP) is 12.2. The fraction of sp³-hybridized carbons (Fsp3) is 0.667. The van der Waals surface area contributed by atoms with Crippen LogP contribution in [0.1, 0.15) is 194 Å². The number of aliphatic hydroxyl groups is 5. The first-order chi connectivity index (χ1) is 34.7. The second-order valence-electron chi connectivity index (χ2n) is 18.5. The minimum Gasteiger partial charge on any atom is -0.454 e. The lowest BCUT2D eigenvalue weighted by Crippen LogP contribution is -2.61. The number of nitrogens with one attached hydrogen (secondary N) is 1. The minimum atomic E-state index is -1.64. The van der Waals surface area contributed by atoms with Gasteiger partial charge in [-0.1, -0.05) is 201 Å². The lowest BCUT2D eigenvalue weighted by molar-refractivity contribution is -0.305. The summed E-state index contributed by atoms with van der Waals surface area (Å²) in [5, 5.41) is 56.6. The van der Waals surface area contributed by atoms with Crippen LogP contribution in [0.5, 0.6) is 0 Å². The first-order valence-electron chi connectivity index (χ1n) is 27.7. The van der Waals surface area contributed by atoms with Crippen molar-refractivity contribution in [2.45, 2.75) is 243 Å². The molecule has 0 aromatic carbocycles. The highest BCUT2D eigenvalue weighted by atomic mass is 16.7. The third kappa shape index (κ3) is 36.0. The van der Waals surface area contributed by atoms with Crippen LogP contribution in [0.2, 0.25) is 0 Å². The number of aliphatic hydroxyl groups excluding tert-OH is 5. The summed E-state index contributed by atoms with van der Waals surface area (Å²) in [6.07, 6.45) is 52.9. The van der Waals surface area contributed by atoms with Crippen molar-refractivity contribution in [3.63, 3.8) is 0 Å². The topological polar surface area (TPSA) is 175 Å². The van der Waals surface area contributed by atoms with E-state index in [1.54, 1.807) is 6.08 Å². The Balaban J connectivity index is 2.82. The third-order valence-electron chi connectivity index (χ3n) is 12.2. The number of esters is 1. The smallest absolute Gasteiger partial charge is 0.306 e. The molecule has 8 atom stereocenters. The molecule has 0 aromatic rings. The third-order valence-corrected chi connectivity index (χ3v) is 12.2. The summed E-state index contributed by atoms with van der Waals surface area (Å²) in [4.78, 5) is 26.4. The van der Waals surface area contributed by atoms with Crippen LogP contribution in [0, 0.1) is 0 Å². The molecule has 0 spiro atoms. The van der Waals surface area contributed by atoms with Gasteiger partial charge >= 0.3 is 5.97 Å². The van der Waals surface area contributed by atoms with E-state index >= 15 is 0 Å². The van der Waals surface area contributed by atoms with E-state index in [2.05, 4.69) is 111 Å². The molecule has 1 aliphatic heterocycles. The zero-order valence-electron chi connectivity index (χ0n) is 44.3. The number of hydrogen-bond donors (Lipinski definition) is 6. The number of carbonyl (C=O) groups is 2. The van der Waals surface area contributed by atoms with Crippen molar-refractivity contribution in [3.05, 3.63) is 109 Å². The molecule has 71 heavy (non-hydrogen) atoms. The molecular weight excluding hydrogens is 895 g/mol. The summed E-state index contributed by atoms with van der Waals surface area (Å²) in [5.74, 6) is -1.29. The van der Waals surface area contributed by atoms with Gasteiger partial charge in [0, 0.05) is 6.42 Å². The lowest BCUT2D eigenvalue weighted by atomic mass is 9.99. The van der Waals surface area contributed by atoms with Crippen molar-refractivity contribution >= 4 is 11.9 Å². The molecule has 1 aliphatic rings. The molecule has 1 heterocycles. The molecule has 6 N–H and O–H groups in total. The maximum Gasteiger partial charge on any atom is 0.306 e. The van der Waals surface area contributed by atoms with Gasteiger partial charge in [-0.3, -0.25) is 9.59 Å². The average Bonchev–Trinajstić information content (AvgIpc) is 3.37. The highest BCUT2D eigenvalue weighted by Crippen LogP contribution is 2.26. The monoisotopic (exact) mass is 994 g/mol. The van der Waals surface area contributed by atoms with Crippen LogP contribution >= 0.6 is 0 Å². The Morgan fingerprint density at radius 2 is 1.01 bits per heavy atom. The fourth-order valence-corrected chi connectivity index (χ4v) is 7.81. The normalized spacial score (nSPS) is 20.5. The molecule has 0 saturated carbocycles. The van der Waals surface area contributed by atoms with Crippen molar-refractivity contribution < 1.29 is 49.3 Å². The van der Waals surface area contributed by atoms with Gasteiger partial charge in [0.2, 0.25) is 5.91 Å². The molecule has 0 aromatic heterocycles. The van der Waals surface area contributed by atoms with E-state index in [4.69, 9.17) is 14.2 Å². The molecule has 1 saturated heterocycles. The van der Waals surface area contributed by atoms with E-state index in [0.717, 1.165) is 103 Å². The second kappa shape index (κ2) is 47.3. The van der Waals surface area contributed by atoms with Crippen molar-refractivity contribution in [1.82, 2.24) is 5.32 Å². The summed E-state index contributed by atoms with van der Waals surface area (Å²) in [6.45, 7) is 5.47. The Hall–Kier alpha value is -3.68. The van der Waals surface area contributed by atoms with E-state index in [9.17, 15) is 35.1 Å². The number of rotatable bonds is 44. The van der Waals surface area contributed by atoms with Crippen LogP contribution in [0.3, 0.4) is 0 Å². The van der Waals surface area contributed by atoms with Gasteiger partial charge in [0.15, 0.2) is 12.4 Å². The molecule has 0 bridgehead atoms. The molecule has 0 radical (unpaired) electrons. The minimum absolute atomic E-state index is 0.0846. The number of ether oxygens (including phenoxy) is 3. The van der Waals surface area contributed by atoms with Gasteiger partial charge in [0.25, 0.3) is 0 Å². The number of hydrogen-bond acceptors (Lipinski definition) is 10. The molecule has 0 aliphatic carbocycles.